The van der Waals surface area contributed by atoms with Crippen molar-refractivity contribution in [3.8, 4) is 0 Å². The number of nitrogens with zero attached hydrogens (tertiary/aromatic N) is 1. The quantitative estimate of drug-likeness (QED) is 0.800. The van der Waals surface area contributed by atoms with Gasteiger partial charge in [-0.3, -0.25) is 0 Å². The minimum atomic E-state index is -0.812. The summed E-state index contributed by atoms with van der Waals surface area (Å²) in [6.07, 6.45) is 1.06. The van der Waals surface area contributed by atoms with Crippen LogP contribution in [0.3, 0.4) is 0 Å². The van der Waals surface area contributed by atoms with Crippen LogP contribution in [0, 0.1) is 11.6 Å². The van der Waals surface area contributed by atoms with Crippen molar-refractivity contribution in [1.82, 2.24) is 4.90 Å². The van der Waals surface area contributed by atoms with Crippen LogP contribution in [0.1, 0.15) is 24.1 Å². The van der Waals surface area contributed by atoms with Crippen molar-refractivity contribution in [1.29, 1.82) is 0 Å². The maximum atomic E-state index is 13.4. The molecule has 5 heteroatoms. The molecule has 0 saturated carbocycles. The van der Waals surface area contributed by atoms with Crippen LogP contribution in [0.15, 0.2) is 42.5 Å². The molecular weight excluding hydrogens is 338 g/mol. The standard InChI is InChI=1S/C20H24F2N2S/c1-15(17-4-7-19(21)20(22)14-17)23-18-5-2-16(3-6-18)8-9-24-10-12-25-13-11-24/h2-7,14-15,23H,8-13H2,1H3. The molecule has 1 heterocycles. The predicted molar refractivity (Wildman–Crippen MR) is 102 cm³/mol. The first-order valence-electron chi connectivity index (χ1n) is 8.72. The van der Waals surface area contributed by atoms with E-state index in [-0.39, 0.29) is 6.04 Å². The SMILES string of the molecule is CC(Nc1ccc(CCN2CCSCC2)cc1)c1ccc(F)c(F)c1. The number of anilines is 1. The molecule has 25 heavy (non-hydrogen) atoms. The van der Waals surface area contributed by atoms with Gasteiger partial charge in [0, 0.05) is 42.9 Å². The topological polar surface area (TPSA) is 15.3 Å². The number of hydrogen-bond acceptors (Lipinski definition) is 3. The highest BCUT2D eigenvalue weighted by molar-refractivity contribution is 7.99. The third-order valence-electron chi connectivity index (χ3n) is 4.60. The molecule has 2 nitrogen and oxygen atoms in total. The fourth-order valence-corrected chi connectivity index (χ4v) is 3.97. The van der Waals surface area contributed by atoms with Gasteiger partial charge in [0.1, 0.15) is 0 Å². The molecule has 2 aromatic carbocycles. The first-order valence-corrected chi connectivity index (χ1v) is 9.88. The van der Waals surface area contributed by atoms with Gasteiger partial charge >= 0.3 is 0 Å². The number of benzene rings is 2. The lowest BCUT2D eigenvalue weighted by Gasteiger charge is -2.26. The zero-order valence-corrected chi connectivity index (χ0v) is 15.3. The summed E-state index contributed by atoms with van der Waals surface area (Å²) in [7, 11) is 0. The molecule has 2 aromatic rings. The van der Waals surface area contributed by atoms with Gasteiger partial charge in [-0.15, -0.1) is 0 Å². The van der Waals surface area contributed by atoms with Gasteiger partial charge in [-0.2, -0.15) is 11.8 Å². The van der Waals surface area contributed by atoms with E-state index in [0.717, 1.165) is 24.2 Å². The van der Waals surface area contributed by atoms with Crippen LogP contribution in [-0.4, -0.2) is 36.0 Å². The molecule has 1 atom stereocenters. The van der Waals surface area contributed by atoms with Gasteiger partial charge in [-0.05, 0) is 48.7 Å². The Morgan fingerprint density at radius 1 is 1.04 bits per heavy atom. The summed E-state index contributed by atoms with van der Waals surface area (Å²) in [4.78, 5) is 2.52. The Morgan fingerprint density at radius 3 is 2.44 bits per heavy atom. The van der Waals surface area contributed by atoms with Gasteiger partial charge in [0.2, 0.25) is 0 Å². The van der Waals surface area contributed by atoms with E-state index in [2.05, 4.69) is 34.5 Å². The lowest BCUT2D eigenvalue weighted by molar-refractivity contribution is 0.306. The zero-order valence-electron chi connectivity index (χ0n) is 14.5. The fraction of sp³-hybridized carbons (Fsp3) is 0.400. The molecule has 1 unspecified atom stereocenters. The third-order valence-corrected chi connectivity index (χ3v) is 5.54. The molecule has 134 valence electrons. The minimum absolute atomic E-state index is 0.0909. The molecule has 1 aliphatic heterocycles. The molecular formula is C20H24F2N2S. The average molecular weight is 362 g/mol. The summed E-state index contributed by atoms with van der Waals surface area (Å²) in [6.45, 7) is 5.43. The third kappa shape index (κ3) is 5.19. The minimum Gasteiger partial charge on any atom is -0.379 e. The average Bonchev–Trinajstić information content (AvgIpc) is 2.64. The van der Waals surface area contributed by atoms with Gasteiger partial charge in [0.25, 0.3) is 0 Å². The molecule has 0 bridgehead atoms. The van der Waals surface area contributed by atoms with Crippen LogP contribution in [0.25, 0.3) is 0 Å². The van der Waals surface area contributed by atoms with Crippen molar-refractivity contribution in [2.24, 2.45) is 0 Å². The summed E-state index contributed by atoms with van der Waals surface area (Å²) in [6, 6.07) is 12.3. The highest BCUT2D eigenvalue weighted by Crippen LogP contribution is 2.21. The largest absolute Gasteiger partial charge is 0.379 e. The normalized spacial score (nSPS) is 16.6. The van der Waals surface area contributed by atoms with Gasteiger partial charge in [0.05, 0.1) is 0 Å². The van der Waals surface area contributed by atoms with Crippen molar-refractivity contribution in [3.05, 3.63) is 65.2 Å². The van der Waals surface area contributed by atoms with E-state index in [0.29, 0.717) is 0 Å². The number of halogens is 2. The fourth-order valence-electron chi connectivity index (χ4n) is 2.99. The highest BCUT2D eigenvalue weighted by atomic mass is 32.2. The van der Waals surface area contributed by atoms with Crippen molar-refractivity contribution in [2.75, 3.05) is 36.5 Å². The van der Waals surface area contributed by atoms with Gasteiger partial charge in [0.15, 0.2) is 11.6 Å². The van der Waals surface area contributed by atoms with Crippen LogP contribution >= 0.6 is 11.8 Å². The van der Waals surface area contributed by atoms with E-state index < -0.39 is 11.6 Å². The maximum Gasteiger partial charge on any atom is 0.159 e. The van der Waals surface area contributed by atoms with Crippen molar-refractivity contribution in [3.63, 3.8) is 0 Å². The Bertz CT molecular complexity index is 685. The molecule has 0 aliphatic carbocycles. The highest BCUT2D eigenvalue weighted by Gasteiger charge is 2.11. The molecule has 0 radical (unpaired) electrons. The summed E-state index contributed by atoms with van der Waals surface area (Å²) in [5.74, 6) is 0.861. The van der Waals surface area contributed by atoms with Crippen LogP contribution in [0.2, 0.25) is 0 Å². The predicted octanol–water partition coefficient (Wildman–Crippen LogP) is 4.73. The van der Waals surface area contributed by atoms with Crippen LogP contribution < -0.4 is 5.32 Å². The van der Waals surface area contributed by atoms with E-state index in [9.17, 15) is 8.78 Å². The number of rotatable bonds is 6. The molecule has 1 N–H and O–H groups in total. The second-order valence-electron chi connectivity index (χ2n) is 6.44. The maximum absolute atomic E-state index is 13.4. The second kappa shape index (κ2) is 8.68. The van der Waals surface area contributed by atoms with E-state index >= 15 is 0 Å². The van der Waals surface area contributed by atoms with E-state index in [1.807, 2.05) is 18.7 Å². The Morgan fingerprint density at radius 2 is 1.76 bits per heavy atom. The molecule has 0 aromatic heterocycles. The number of nitrogens with one attached hydrogen (secondary N) is 1. The first-order chi connectivity index (χ1) is 12.1. The molecule has 1 fully saturated rings. The van der Waals surface area contributed by atoms with Crippen LogP contribution in [0.4, 0.5) is 14.5 Å². The Balaban J connectivity index is 1.53. The Hall–Kier alpha value is -1.59. The second-order valence-corrected chi connectivity index (χ2v) is 7.67. The Labute approximate surface area is 152 Å². The molecule has 0 spiro atoms. The lowest BCUT2D eigenvalue weighted by atomic mass is 10.1. The van der Waals surface area contributed by atoms with Crippen LogP contribution in [0.5, 0.6) is 0 Å². The lowest BCUT2D eigenvalue weighted by Crippen LogP contribution is -2.34. The van der Waals surface area contributed by atoms with Crippen LogP contribution in [-0.2, 0) is 6.42 Å². The van der Waals surface area contributed by atoms with Gasteiger partial charge in [-0.25, -0.2) is 8.78 Å². The Kier molecular flexibility index (Phi) is 6.32. The monoisotopic (exact) mass is 362 g/mol. The molecule has 1 aliphatic rings. The van der Waals surface area contributed by atoms with E-state index in [4.69, 9.17) is 0 Å². The van der Waals surface area contributed by atoms with Gasteiger partial charge in [-0.1, -0.05) is 18.2 Å². The van der Waals surface area contributed by atoms with E-state index in [1.165, 1.54) is 42.3 Å². The van der Waals surface area contributed by atoms with Crippen molar-refractivity contribution in [2.45, 2.75) is 19.4 Å². The molecule has 1 saturated heterocycles. The summed E-state index contributed by atoms with van der Waals surface area (Å²) in [5.41, 5.74) is 3.03. The molecule has 3 rings (SSSR count). The smallest absolute Gasteiger partial charge is 0.159 e. The van der Waals surface area contributed by atoms with Gasteiger partial charge < -0.3 is 10.2 Å². The van der Waals surface area contributed by atoms with Crippen molar-refractivity contribution < 1.29 is 8.78 Å². The number of hydrogen-bond donors (Lipinski definition) is 1. The summed E-state index contributed by atoms with van der Waals surface area (Å²) in [5, 5.41) is 3.34. The molecule has 0 amide bonds. The van der Waals surface area contributed by atoms with E-state index in [1.54, 1.807) is 6.07 Å². The van der Waals surface area contributed by atoms with Crippen molar-refractivity contribution >= 4 is 17.4 Å². The number of thioether (sulfide) groups is 1. The zero-order chi connectivity index (χ0) is 17.6. The first kappa shape index (κ1) is 18.2. The summed E-state index contributed by atoms with van der Waals surface area (Å²) >= 11 is 2.03. The summed E-state index contributed by atoms with van der Waals surface area (Å²) < 4.78 is 26.4.